The molecule has 1 aromatic rings. The van der Waals surface area contributed by atoms with Crippen LogP contribution >= 0.6 is 0 Å². The Hall–Kier alpha value is -1.88. The number of ether oxygens (including phenoxy) is 2. The number of morpholine rings is 1. The summed E-state index contributed by atoms with van der Waals surface area (Å²) in [6.45, 7) is 2.18. The van der Waals surface area contributed by atoms with E-state index in [1.165, 1.54) is 7.11 Å². The molecule has 2 unspecified atom stereocenters. The summed E-state index contributed by atoms with van der Waals surface area (Å²) in [5.74, 6) is -0.561. The fourth-order valence-electron chi connectivity index (χ4n) is 2.17. The van der Waals surface area contributed by atoms with E-state index in [0.717, 1.165) is 5.56 Å². The Labute approximate surface area is 112 Å². The molecule has 1 fully saturated rings. The second-order valence-corrected chi connectivity index (χ2v) is 4.50. The zero-order valence-electron chi connectivity index (χ0n) is 11.0. The van der Waals surface area contributed by atoms with Crippen LogP contribution in [0.1, 0.15) is 12.5 Å². The molecule has 0 aromatic heterocycles. The standard InChI is InChI=1S/C14H17NO4/c1-10-13(14(17)18-2)19-9-12(16)15(10)8-11-6-4-3-5-7-11/h3-7,10,13H,8-9H2,1-2H3. The Morgan fingerprint density at radius 3 is 2.74 bits per heavy atom. The number of amides is 1. The third-order valence-corrected chi connectivity index (χ3v) is 3.27. The molecule has 0 radical (unpaired) electrons. The van der Waals surface area contributed by atoms with Gasteiger partial charge in [0.25, 0.3) is 0 Å². The molecule has 2 atom stereocenters. The van der Waals surface area contributed by atoms with Crippen molar-refractivity contribution >= 4 is 11.9 Å². The van der Waals surface area contributed by atoms with Crippen LogP contribution in [-0.4, -0.2) is 42.6 Å². The molecule has 0 N–H and O–H groups in total. The number of hydrogen-bond acceptors (Lipinski definition) is 4. The van der Waals surface area contributed by atoms with Gasteiger partial charge < -0.3 is 14.4 Å². The van der Waals surface area contributed by atoms with Crippen molar-refractivity contribution in [1.29, 1.82) is 0 Å². The van der Waals surface area contributed by atoms with E-state index in [9.17, 15) is 9.59 Å². The first-order valence-electron chi connectivity index (χ1n) is 6.16. The molecule has 5 nitrogen and oxygen atoms in total. The number of rotatable bonds is 3. The van der Waals surface area contributed by atoms with Crippen molar-refractivity contribution in [3.63, 3.8) is 0 Å². The normalized spacial score (nSPS) is 23.3. The Balaban J connectivity index is 2.13. The fourth-order valence-corrected chi connectivity index (χ4v) is 2.17. The summed E-state index contributed by atoms with van der Waals surface area (Å²) in [6, 6.07) is 9.32. The Kier molecular flexibility index (Phi) is 4.16. The molecule has 102 valence electrons. The van der Waals surface area contributed by atoms with Crippen molar-refractivity contribution in [3.8, 4) is 0 Å². The number of carbonyl (C=O) groups is 2. The predicted molar refractivity (Wildman–Crippen MR) is 68.2 cm³/mol. The number of benzene rings is 1. The Morgan fingerprint density at radius 2 is 2.11 bits per heavy atom. The number of esters is 1. The Morgan fingerprint density at radius 1 is 1.42 bits per heavy atom. The first-order chi connectivity index (χ1) is 9.13. The smallest absolute Gasteiger partial charge is 0.337 e. The molecule has 0 saturated carbocycles. The average Bonchev–Trinajstić information content (AvgIpc) is 2.44. The van der Waals surface area contributed by atoms with E-state index in [2.05, 4.69) is 0 Å². The van der Waals surface area contributed by atoms with Crippen LogP contribution in [-0.2, 0) is 25.6 Å². The quantitative estimate of drug-likeness (QED) is 0.763. The van der Waals surface area contributed by atoms with Gasteiger partial charge >= 0.3 is 5.97 Å². The number of hydrogen-bond donors (Lipinski definition) is 0. The maximum Gasteiger partial charge on any atom is 0.337 e. The van der Waals surface area contributed by atoms with Gasteiger partial charge in [0.15, 0.2) is 6.10 Å². The lowest BCUT2D eigenvalue weighted by Crippen LogP contribution is -2.55. The van der Waals surface area contributed by atoms with Crippen molar-refractivity contribution in [2.45, 2.75) is 25.6 Å². The van der Waals surface area contributed by atoms with Crippen molar-refractivity contribution in [2.75, 3.05) is 13.7 Å². The molecular formula is C14H17NO4. The van der Waals surface area contributed by atoms with Gasteiger partial charge in [-0.2, -0.15) is 0 Å². The molecule has 1 saturated heterocycles. The molecule has 1 aromatic carbocycles. The van der Waals surface area contributed by atoms with Gasteiger partial charge in [-0.25, -0.2) is 4.79 Å². The second-order valence-electron chi connectivity index (χ2n) is 4.50. The Bertz CT molecular complexity index is 460. The van der Waals surface area contributed by atoms with Crippen molar-refractivity contribution in [3.05, 3.63) is 35.9 Å². The third-order valence-electron chi connectivity index (χ3n) is 3.27. The minimum atomic E-state index is -0.716. The number of nitrogens with zero attached hydrogens (tertiary/aromatic N) is 1. The van der Waals surface area contributed by atoms with Crippen LogP contribution in [0.4, 0.5) is 0 Å². The van der Waals surface area contributed by atoms with E-state index < -0.39 is 12.1 Å². The van der Waals surface area contributed by atoms with Gasteiger partial charge in [0.1, 0.15) is 6.61 Å². The average molecular weight is 263 g/mol. The minimum Gasteiger partial charge on any atom is -0.467 e. The van der Waals surface area contributed by atoms with E-state index in [1.54, 1.807) is 11.8 Å². The molecule has 2 rings (SSSR count). The summed E-state index contributed by atoms with van der Waals surface area (Å²) < 4.78 is 9.95. The van der Waals surface area contributed by atoms with Crippen LogP contribution in [0.25, 0.3) is 0 Å². The zero-order valence-corrected chi connectivity index (χ0v) is 11.0. The summed E-state index contributed by atoms with van der Waals surface area (Å²) in [4.78, 5) is 25.2. The first kappa shape index (κ1) is 13.5. The van der Waals surface area contributed by atoms with Crippen LogP contribution in [0.2, 0.25) is 0 Å². The molecule has 1 heterocycles. The maximum absolute atomic E-state index is 11.9. The summed E-state index contributed by atoms with van der Waals surface area (Å²) in [7, 11) is 1.32. The van der Waals surface area contributed by atoms with Gasteiger partial charge in [-0.1, -0.05) is 30.3 Å². The molecule has 1 aliphatic rings. The highest BCUT2D eigenvalue weighted by molar-refractivity contribution is 5.83. The lowest BCUT2D eigenvalue weighted by molar-refractivity contribution is -0.174. The van der Waals surface area contributed by atoms with Gasteiger partial charge in [-0.05, 0) is 12.5 Å². The molecule has 0 bridgehead atoms. The zero-order chi connectivity index (χ0) is 13.8. The molecule has 5 heteroatoms. The van der Waals surface area contributed by atoms with Crippen molar-refractivity contribution in [1.82, 2.24) is 4.90 Å². The monoisotopic (exact) mass is 263 g/mol. The summed E-state index contributed by atoms with van der Waals surface area (Å²) in [6.07, 6.45) is -0.716. The lowest BCUT2D eigenvalue weighted by atomic mass is 10.1. The van der Waals surface area contributed by atoms with E-state index in [-0.39, 0.29) is 18.6 Å². The number of carbonyl (C=O) groups excluding carboxylic acids is 2. The van der Waals surface area contributed by atoms with Crippen LogP contribution in [0.15, 0.2) is 30.3 Å². The molecule has 0 aliphatic carbocycles. The maximum atomic E-state index is 11.9. The third kappa shape index (κ3) is 2.93. The summed E-state index contributed by atoms with van der Waals surface area (Å²) >= 11 is 0. The van der Waals surface area contributed by atoms with Crippen LogP contribution in [0.3, 0.4) is 0 Å². The van der Waals surface area contributed by atoms with Crippen LogP contribution < -0.4 is 0 Å². The topological polar surface area (TPSA) is 55.8 Å². The first-order valence-corrected chi connectivity index (χ1v) is 6.16. The van der Waals surface area contributed by atoms with E-state index in [0.29, 0.717) is 6.54 Å². The van der Waals surface area contributed by atoms with Crippen LogP contribution in [0.5, 0.6) is 0 Å². The van der Waals surface area contributed by atoms with E-state index >= 15 is 0 Å². The van der Waals surface area contributed by atoms with Crippen molar-refractivity contribution in [2.24, 2.45) is 0 Å². The molecule has 1 amide bonds. The van der Waals surface area contributed by atoms with E-state index in [4.69, 9.17) is 9.47 Å². The van der Waals surface area contributed by atoms with Gasteiger partial charge in [0.05, 0.1) is 13.2 Å². The van der Waals surface area contributed by atoms with Gasteiger partial charge in [-0.3, -0.25) is 4.79 Å². The SMILES string of the molecule is COC(=O)C1OCC(=O)N(Cc2ccccc2)C1C. The van der Waals surface area contributed by atoms with Gasteiger partial charge in [0, 0.05) is 6.54 Å². The summed E-state index contributed by atoms with van der Waals surface area (Å²) in [5, 5.41) is 0. The molecule has 0 spiro atoms. The van der Waals surface area contributed by atoms with Crippen LogP contribution in [0, 0.1) is 0 Å². The largest absolute Gasteiger partial charge is 0.467 e. The van der Waals surface area contributed by atoms with Gasteiger partial charge in [0.2, 0.25) is 5.91 Å². The highest BCUT2D eigenvalue weighted by Gasteiger charge is 2.38. The predicted octanol–water partition coefficient (Wildman–Crippen LogP) is 0.975. The van der Waals surface area contributed by atoms with Gasteiger partial charge in [-0.15, -0.1) is 0 Å². The second kappa shape index (κ2) is 5.84. The molecule has 19 heavy (non-hydrogen) atoms. The molecular weight excluding hydrogens is 246 g/mol. The highest BCUT2D eigenvalue weighted by atomic mass is 16.6. The van der Waals surface area contributed by atoms with Crippen molar-refractivity contribution < 1.29 is 19.1 Å². The lowest BCUT2D eigenvalue weighted by Gasteiger charge is -2.37. The van der Waals surface area contributed by atoms with E-state index in [1.807, 2.05) is 30.3 Å². The summed E-state index contributed by atoms with van der Waals surface area (Å²) in [5.41, 5.74) is 1.02. The minimum absolute atomic E-state index is 0.0864. The number of methoxy groups -OCH3 is 1. The fraction of sp³-hybridized carbons (Fsp3) is 0.429. The highest BCUT2D eigenvalue weighted by Crippen LogP contribution is 2.19. The molecule has 1 aliphatic heterocycles.